The number of aromatic carboxylic acids is 1. The standard InChI is InChI=1S/C14H11FN2O3/c1-17(11-4-2-3-10(15)7-11)13(18)9-5-6-12(14(19)20)16-8-9/h2-8H,1H3,(H,19,20). The lowest BCUT2D eigenvalue weighted by molar-refractivity contribution is 0.0690. The number of amides is 1. The van der Waals surface area contributed by atoms with Gasteiger partial charge in [0, 0.05) is 18.9 Å². The number of carboxylic acids is 1. The minimum Gasteiger partial charge on any atom is -0.477 e. The van der Waals surface area contributed by atoms with Crippen LogP contribution < -0.4 is 4.90 Å². The van der Waals surface area contributed by atoms with Gasteiger partial charge in [-0.25, -0.2) is 14.2 Å². The fourth-order valence-corrected chi connectivity index (χ4v) is 1.64. The van der Waals surface area contributed by atoms with E-state index in [0.717, 1.165) is 0 Å². The SMILES string of the molecule is CN(C(=O)c1ccc(C(=O)O)nc1)c1cccc(F)c1. The quantitative estimate of drug-likeness (QED) is 0.931. The summed E-state index contributed by atoms with van der Waals surface area (Å²) in [6, 6.07) is 8.23. The van der Waals surface area contributed by atoms with Crippen LogP contribution in [0.15, 0.2) is 42.6 Å². The minimum absolute atomic E-state index is 0.144. The third-order valence-corrected chi connectivity index (χ3v) is 2.73. The van der Waals surface area contributed by atoms with Gasteiger partial charge in [0.2, 0.25) is 0 Å². The first-order valence-electron chi connectivity index (χ1n) is 5.72. The average molecular weight is 274 g/mol. The molecule has 0 unspecified atom stereocenters. The monoisotopic (exact) mass is 274 g/mol. The van der Waals surface area contributed by atoms with Crippen LogP contribution in [-0.2, 0) is 0 Å². The zero-order valence-electron chi connectivity index (χ0n) is 10.6. The van der Waals surface area contributed by atoms with Crippen LogP contribution in [0, 0.1) is 5.82 Å². The van der Waals surface area contributed by atoms with Gasteiger partial charge in [-0.3, -0.25) is 4.79 Å². The van der Waals surface area contributed by atoms with Crippen LogP contribution in [0.3, 0.4) is 0 Å². The molecule has 1 N–H and O–H groups in total. The number of hydrogen-bond donors (Lipinski definition) is 1. The topological polar surface area (TPSA) is 70.5 Å². The second kappa shape index (κ2) is 5.48. The van der Waals surface area contributed by atoms with E-state index < -0.39 is 17.7 Å². The van der Waals surface area contributed by atoms with Crippen molar-refractivity contribution < 1.29 is 19.1 Å². The van der Waals surface area contributed by atoms with Gasteiger partial charge in [-0.15, -0.1) is 0 Å². The summed E-state index contributed by atoms with van der Waals surface area (Å²) in [5.74, 6) is -2.01. The van der Waals surface area contributed by atoms with Crippen LogP contribution >= 0.6 is 0 Å². The van der Waals surface area contributed by atoms with Gasteiger partial charge >= 0.3 is 5.97 Å². The molecule has 0 aliphatic rings. The fourth-order valence-electron chi connectivity index (χ4n) is 1.64. The van der Waals surface area contributed by atoms with Gasteiger partial charge in [0.15, 0.2) is 0 Å². The van der Waals surface area contributed by atoms with Crippen molar-refractivity contribution in [3.8, 4) is 0 Å². The molecule has 1 aromatic heterocycles. The van der Waals surface area contributed by atoms with Gasteiger partial charge in [-0.1, -0.05) is 6.07 Å². The first kappa shape index (κ1) is 13.7. The molecule has 0 saturated carbocycles. The highest BCUT2D eigenvalue weighted by atomic mass is 19.1. The summed E-state index contributed by atoms with van der Waals surface area (Å²) in [5, 5.41) is 8.73. The Kier molecular flexibility index (Phi) is 3.74. The molecule has 20 heavy (non-hydrogen) atoms. The summed E-state index contributed by atoms with van der Waals surface area (Å²) in [4.78, 5) is 27.8. The largest absolute Gasteiger partial charge is 0.477 e. The lowest BCUT2D eigenvalue weighted by atomic mass is 10.2. The van der Waals surface area contributed by atoms with E-state index in [1.54, 1.807) is 6.07 Å². The smallest absolute Gasteiger partial charge is 0.354 e. The molecule has 0 aliphatic carbocycles. The molecule has 2 aromatic rings. The number of carboxylic acid groups (broad SMARTS) is 1. The summed E-state index contributed by atoms with van der Waals surface area (Å²) in [7, 11) is 1.50. The van der Waals surface area contributed by atoms with Crippen LogP contribution in [0.2, 0.25) is 0 Å². The summed E-state index contributed by atoms with van der Waals surface area (Å²) in [5.41, 5.74) is 0.481. The maximum atomic E-state index is 13.1. The van der Waals surface area contributed by atoms with Crippen molar-refractivity contribution in [3.63, 3.8) is 0 Å². The molecule has 0 radical (unpaired) electrons. The van der Waals surface area contributed by atoms with Crippen molar-refractivity contribution in [1.82, 2.24) is 4.98 Å². The van der Waals surface area contributed by atoms with E-state index in [9.17, 15) is 14.0 Å². The van der Waals surface area contributed by atoms with E-state index in [0.29, 0.717) is 5.69 Å². The molecule has 2 rings (SSSR count). The number of anilines is 1. The molecule has 0 aliphatic heterocycles. The molecule has 0 spiro atoms. The highest BCUT2D eigenvalue weighted by Gasteiger charge is 2.15. The molecule has 1 amide bonds. The Balaban J connectivity index is 2.24. The van der Waals surface area contributed by atoms with Crippen molar-refractivity contribution in [3.05, 3.63) is 59.7 Å². The van der Waals surface area contributed by atoms with Gasteiger partial charge in [0.05, 0.1) is 5.56 Å². The number of halogens is 1. The normalized spacial score (nSPS) is 10.1. The average Bonchev–Trinajstić information content (AvgIpc) is 2.46. The summed E-state index contributed by atoms with van der Waals surface area (Å²) < 4.78 is 13.1. The number of aromatic nitrogens is 1. The second-order valence-electron chi connectivity index (χ2n) is 4.08. The molecule has 0 saturated heterocycles. The molecule has 0 atom stereocenters. The molecule has 1 aromatic carbocycles. The maximum Gasteiger partial charge on any atom is 0.354 e. The van der Waals surface area contributed by atoms with Gasteiger partial charge < -0.3 is 10.0 Å². The van der Waals surface area contributed by atoms with Gasteiger partial charge in [0.25, 0.3) is 5.91 Å². The van der Waals surface area contributed by atoms with E-state index in [4.69, 9.17) is 5.11 Å². The van der Waals surface area contributed by atoms with Crippen LogP contribution in [0.4, 0.5) is 10.1 Å². The van der Waals surface area contributed by atoms with Crippen molar-refractivity contribution in [2.24, 2.45) is 0 Å². The van der Waals surface area contributed by atoms with E-state index in [2.05, 4.69) is 4.98 Å². The summed E-state index contributed by atoms with van der Waals surface area (Å²) >= 11 is 0. The predicted octanol–water partition coefficient (Wildman–Crippen LogP) is 2.20. The number of pyridine rings is 1. The number of hydrogen-bond acceptors (Lipinski definition) is 3. The lowest BCUT2D eigenvalue weighted by Gasteiger charge is -2.17. The zero-order valence-corrected chi connectivity index (χ0v) is 10.6. The second-order valence-corrected chi connectivity index (χ2v) is 4.08. The Morgan fingerprint density at radius 3 is 2.55 bits per heavy atom. The summed E-state index contributed by atoms with van der Waals surface area (Å²) in [6.07, 6.45) is 1.18. The maximum absolute atomic E-state index is 13.1. The van der Waals surface area contributed by atoms with E-state index in [1.807, 2.05) is 0 Å². The Morgan fingerprint density at radius 2 is 2.00 bits per heavy atom. The number of benzene rings is 1. The van der Waals surface area contributed by atoms with E-state index in [1.165, 1.54) is 48.5 Å². The Hall–Kier alpha value is -2.76. The number of carbonyl (C=O) groups is 2. The Labute approximate surface area is 114 Å². The highest BCUT2D eigenvalue weighted by molar-refractivity contribution is 6.05. The minimum atomic E-state index is -1.16. The first-order chi connectivity index (χ1) is 9.49. The van der Waals surface area contributed by atoms with Gasteiger partial charge in [-0.05, 0) is 30.3 Å². The number of nitrogens with zero attached hydrogens (tertiary/aromatic N) is 2. The third-order valence-electron chi connectivity index (χ3n) is 2.73. The van der Waals surface area contributed by atoms with E-state index >= 15 is 0 Å². The van der Waals surface area contributed by atoms with Gasteiger partial charge in [0.1, 0.15) is 11.5 Å². The highest BCUT2D eigenvalue weighted by Crippen LogP contribution is 2.16. The van der Waals surface area contributed by atoms with Crippen molar-refractivity contribution in [2.45, 2.75) is 0 Å². The molecule has 102 valence electrons. The molecular formula is C14H11FN2O3. The van der Waals surface area contributed by atoms with Crippen molar-refractivity contribution in [2.75, 3.05) is 11.9 Å². The molecule has 1 heterocycles. The van der Waals surface area contributed by atoms with Crippen LogP contribution in [0.25, 0.3) is 0 Å². The fraction of sp³-hybridized carbons (Fsp3) is 0.0714. The molecule has 5 nitrogen and oxygen atoms in total. The van der Waals surface area contributed by atoms with Crippen molar-refractivity contribution in [1.29, 1.82) is 0 Å². The lowest BCUT2D eigenvalue weighted by Crippen LogP contribution is -2.26. The molecule has 6 heteroatoms. The zero-order chi connectivity index (χ0) is 14.7. The van der Waals surface area contributed by atoms with Crippen LogP contribution in [0.1, 0.15) is 20.8 Å². The van der Waals surface area contributed by atoms with Crippen molar-refractivity contribution >= 4 is 17.6 Å². The molecular weight excluding hydrogens is 263 g/mol. The predicted molar refractivity (Wildman–Crippen MR) is 70.3 cm³/mol. The first-order valence-corrected chi connectivity index (χ1v) is 5.72. The Morgan fingerprint density at radius 1 is 1.25 bits per heavy atom. The Bertz CT molecular complexity index is 656. The molecule has 0 bridgehead atoms. The van der Waals surface area contributed by atoms with Crippen LogP contribution in [-0.4, -0.2) is 29.0 Å². The molecule has 0 fully saturated rings. The van der Waals surface area contributed by atoms with Gasteiger partial charge in [-0.2, -0.15) is 0 Å². The number of carbonyl (C=O) groups excluding carboxylic acids is 1. The third kappa shape index (κ3) is 2.80. The van der Waals surface area contributed by atoms with Crippen LogP contribution in [0.5, 0.6) is 0 Å². The van der Waals surface area contributed by atoms with E-state index in [-0.39, 0.29) is 11.3 Å². The summed E-state index contributed by atoms with van der Waals surface area (Å²) in [6.45, 7) is 0. The number of rotatable bonds is 3.